The van der Waals surface area contributed by atoms with Gasteiger partial charge in [-0.25, -0.2) is 0 Å². The molecule has 4 nitrogen and oxygen atoms in total. The van der Waals surface area contributed by atoms with E-state index in [9.17, 15) is 4.79 Å². The number of hydrogen-bond acceptors (Lipinski definition) is 4. The molecule has 0 aliphatic carbocycles. The number of thiol groups is 1. The van der Waals surface area contributed by atoms with Gasteiger partial charge in [0.2, 0.25) is 0 Å². The highest BCUT2D eigenvalue weighted by atomic mass is 32.1. The van der Waals surface area contributed by atoms with Crippen molar-refractivity contribution in [2.75, 3.05) is 37.9 Å². The number of carbonyl (C=O) groups is 1. The molecule has 0 radical (unpaired) electrons. The minimum Gasteiger partial charge on any atom is -0.336 e. The molecule has 1 aromatic carbocycles. The van der Waals surface area contributed by atoms with Gasteiger partial charge in [-0.1, -0.05) is 12.8 Å². The molecule has 0 spiro atoms. The van der Waals surface area contributed by atoms with E-state index in [0.29, 0.717) is 0 Å². The number of rotatable bonds is 2. The van der Waals surface area contributed by atoms with Gasteiger partial charge >= 0.3 is 0 Å². The lowest BCUT2D eigenvalue weighted by molar-refractivity contribution is 0.0664. The third-order valence-electron chi connectivity index (χ3n) is 3.05. The summed E-state index contributed by atoms with van der Waals surface area (Å²) in [5, 5.41) is 0. The Morgan fingerprint density at radius 2 is 1.76 bits per heavy atom. The molecule has 17 heavy (non-hydrogen) atoms. The van der Waals surface area contributed by atoms with Gasteiger partial charge < -0.3 is 14.5 Å². The molecular formula is C12H17N3OS. The molecule has 1 aliphatic heterocycles. The van der Waals surface area contributed by atoms with Crippen molar-refractivity contribution in [3.63, 3.8) is 0 Å². The Hall–Kier alpha value is -1.20. The molecule has 0 unspecified atom stereocenters. The summed E-state index contributed by atoms with van der Waals surface area (Å²) in [6.45, 7) is 3.51. The van der Waals surface area contributed by atoms with Crippen LogP contribution in [0.4, 0.5) is 5.69 Å². The maximum absolute atomic E-state index is 12.2. The Kier molecular flexibility index (Phi) is 3.91. The minimum atomic E-state index is 0.115. The van der Waals surface area contributed by atoms with E-state index in [2.05, 4.69) is 29.5 Å². The van der Waals surface area contributed by atoms with Crippen LogP contribution in [0.15, 0.2) is 24.3 Å². The molecule has 1 heterocycles. The molecule has 92 valence electrons. The van der Waals surface area contributed by atoms with E-state index in [-0.39, 0.29) is 5.91 Å². The monoisotopic (exact) mass is 251 g/mol. The number of piperazine rings is 1. The molecule has 0 atom stereocenters. The Balaban J connectivity index is 2.03. The largest absolute Gasteiger partial charge is 0.336 e. The summed E-state index contributed by atoms with van der Waals surface area (Å²) >= 11 is 3.96. The maximum atomic E-state index is 12.2. The molecule has 0 bridgehead atoms. The number of hydrogen-bond donors (Lipinski definition) is 2. The summed E-state index contributed by atoms with van der Waals surface area (Å²) in [7, 11) is 2.08. The van der Waals surface area contributed by atoms with E-state index in [0.717, 1.165) is 37.4 Å². The van der Waals surface area contributed by atoms with Crippen LogP contribution < -0.4 is 4.72 Å². The smallest absolute Gasteiger partial charge is 0.253 e. The van der Waals surface area contributed by atoms with Crippen molar-refractivity contribution >= 4 is 24.4 Å². The van der Waals surface area contributed by atoms with Crippen LogP contribution in [-0.2, 0) is 0 Å². The van der Waals surface area contributed by atoms with Crippen LogP contribution in [0.2, 0.25) is 0 Å². The number of nitrogens with zero attached hydrogens (tertiary/aromatic N) is 2. The average molecular weight is 251 g/mol. The van der Waals surface area contributed by atoms with Crippen LogP contribution in [0.5, 0.6) is 0 Å². The Morgan fingerprint density at radius 1 is 1.18 bits per heavy atom. The fourth-order valence-corrected chi connectivity index (χ4v) is 2.03. The number of amides is 1. The van der Waals surface area contributed by atoms with Crippen molar-refractivity contribution in [1.82, 2.24) is 9.80 Å². The number of benzene rings is 1. The second kappa shape index (κ2) is 5.42. The molecular weight excluding hydrogens is 234 g/mol. The van der Waals surface area contributed by atoms with Gasteiger partial charge in [-0.2, -0.15) is 0 Å². The normalized spacial score (nSPS) is 16.9. The van der Waals surface area contributed by atoms with Gasteiger partial charge in [0.05, 0.1) is 0 Å². The molecule has 1 N–H and O–H groups in total. The van der Waals surface area contributed by atoms with Gasteiger partial charge in [0.15, 0.2) is 0 Å². The topological polar surface area (TPSA) is 35.6 Å². The van der Waals surface area contributed by atoms with Crippen molar-refractivity contribution in [2.24, 2.45) is 0 Å². The summed E-state index contributed by atoms with van der Waals surface area (Å²) in [4.78, 5) is 16.3. The van der Waals surface area contributed by atoms with Crippen molar-refractivity contribution in [1.29, 1.82) is 0 Å². The summed E-state index contributed by atoms with van der Waals surface area (Å²) in [6, 6.07) is 7.38. The Labute approximate surface area is 107 Å². The van der Waals surface area contributed by atoms with E-state index >= 15 is 0 Å². The Morgan fingerprint density at radius 3 is 2.29 bits per heavy atom. The van der Waals surface area contributed by atoms with E-state index in [1.54, 1.807) is 0 Å². The van der Waals surface area contributed by atoms with Gasteiger partial charge in [-0.3, -0.25) is 4.79 Å². The van der Waals surface area contributed by atoms with Crippen molar-refractivity contribution in [3.05, 3.63) is 29.8 Å². The highest BCUT2D eigenvalue weighted by molar-refractivity contribution is 7.81. The second-order valence-corrected chi connectivity index (χ2v) is 4.51. The predicted molar refractivity (Wildman–Crippen MR) is 72.5 cm³/mol. The average Bonchev–Trinajstić information content (AvgIpc) is 2.39. The van der Waals surface area contributed by atoms with Crippen LogP contribution in [0.1, 0.15) is 10.4 Å². The molecule has 0 aromatic heterocycles. The van der Waals surface area contributed by atoms with Gasteiger partial charge in [-0.15, -0.1) is 0 Å². The lowest BCUT2D eigenvalue weighted by Gasteiger charge is -2.32. The molecule has 1 aliphatic rings. The molecule has 0 saturated carbocycles. The molecule has 5 heteroatoms. The van der Waals surface area contributed by atoms with Crippen LogP contribution in [0.3, 0.4) is 0 Å². The third kappa shape index (κ3) is 2.92. The summed E-state index contributed by atoms with van der Waals surface area (Å²) < 4.78 is 2.74. The zero-order chi connectivity index (χ0) is 12.3. The van der Waals surface area contributed by atoms with Gasteiger partial charge in [0, 0.05) is 37.4 Å². The maximum Gasteiger partial charge on any atom is 0.253 e. The van der Waals surface area contributed by atoms with Crippen LogP contribution in [0, 0.1) is 0 Å². The number of anilines is 1. The van der Waals surface area contributed by atoms with Gasteiger partial charge in [0.1, 0.15) is 0 Å². The highest BCUT2D eigenvalue weighted by Crippen LogP contribution is 2.13. The molecule has 1 aromatic rings. The molecule has 1 fully saturated rings. The first-order chi connectivity index (χ1) is 8.20. The van der Waals surface area contributed by atoms with Crippen LogP contribution in [0.25, 0.3) is 0 Å². The molecule has 1 saturated heterocycles. The summed E-state index contributed by atoms with van der Waals surface area (Å²) in [5.41, 5.74) is 1.63. The highest BCUT2D eigenvalue weighted by Gasteiger charge is 2.19. The first-order valence-electron chi connectivity index (χ1n) is 5.68. The first kappa shape index (κ1) is 12.3. The van der Waals surface area contributed by atoms with E-state index in [1.807, 2.05) is 29.2 Å². The number of carbonyl (C=O) groups excluding carboxylic acids is 1. The first-order valence-corrected chi connectivity index (χ1v) is 6.13. The van der Waals surface area contributed by atoms with Crippen molar-refractivity contribution in [3.8, 4) is 0 Å². The fraction of sp³-hybridized carbons (Fsp3) is 0.417. The Bertz CT molecular complexity index is 385. The predicted octanol–water partition coefficient (Wildman–Crippen LogP) is 1.33. The summed E-state index contributed by atoms with van der Waals surface area (Å²) in [5.74, 6) is 0.115. The van der Waals surface area contributed by atoms with Crippen LogP contribution in [-0.4, -0.2) is 48.9 Å². The zero-order valence-electron chi connectivity index (χ0n) is 9.89. The molecule has 2 rings (SSSR count). The minimum absolute atomic E-state index is 0.115. The lowest BCUT2D eigenvalue weighted by atomic mass is 10.1. The van der Waals surface area contributed by atoms with E-state index in [1.165, 1.54) is 0 Å². The van der Waals surface area contributed by atoms with Crippen LogP contribution >= 0.6 is 12.8 Å². The number of nitrogens with one attached hydrogen (secondary N) is 1. The SMILES string of the molecule is CN1CCN(C(=O)c2ccc(NS)cc2)CC1. The van der Waals surface area contributed by atoms with Crippen molar-refractivity contribution < 1.29 is 4.79 Å². The van der Waals surface area contributed by atoms with Gasteiger partial charge in [-0.05, 0) is 31.3 Å². The summed E-state index contributed by atoms with van der Waals surface area (Å²) in [6.07, 6.45) is 0. The van der Waals surface area contributed by atoms with Gasteiger partial charge in [0.25, 0.3) is 5.91 Å². The lowest BCUT2D eigenvalue weighted by Crippen LogP contribution is -2.47. The van der Waals surface area contributed by atoms with Crippen molar-refractivity contribution in [2.45, 2.75) is 0 Å². The molecule has 1 amide bonds. The quantitative estimate of drug-likeness (QED) is 0.779. The zero-order valence-corrected chi connectivity index (χ0v) is 10.8. The van der Waals surface area contributed by atoms with E-state index < -0.39 is 0 Å². The standard InChI is InChI=1S/C12H17N3OS/c1-14-6-8-15(9-7-14)12(16)10-2-4-11(13-17)5-3-10/h2-5,13,17H,6-9H2,1H3. The fourth-order valence-electron chi connectivity index (χ4n) is 1.88. The van der Waals surface area contributed by atoms with E-state index in [4.69, 9.17) is 0 Å². The number of likely N-dealkylation sites (N-methyl/N-ethyl adjacent to an activating group) is 1. The second-order valence-electron chi connectivity index (χ2n) is 4.28. The third-order valence-corrected chi connectivity index (χ3v) is 3.31.